The number of hydrogen-bond acceptors (Lipinski definition) is 3. The maximum Gasteiger partial charge on any atom is 0.330 e. The van der Waals surface area contributed by atoms with Crippen LogP contribution in [0.4, 0.5) is 0 Å². The third-order valence-electron chi connectivity index (χ3n) is 1.47. The molecule has 0 aliphatic carbocycles. The van der Waals surface area contributed by atoms with E-state index in [1.807, 2.05) is 6.92 Å². The van der Waals surface area contributed by atoms with E-state index in [4.69, 9.17) is 4.74 Å². The highest BCUT2D eigenvalue weighted by molar-refractivity contribution is 5.82. The van der Waals surface area contributed by atoms with E-state index in [1.54, 1.807) is 13.0 Å². The fraction of sp³-hybridized carbons (Fsp3) is 0.625. The first-order valence-electron chi connectivity index (χ1n) is 3.74. The van der Waals surface area contributed by atoms with Crippen LogP contribution < -0.4 is 0 Å². The largest absolute Gasteiger partial charge is 0.463 e. The Labute approximate surface area is 66.0 Å². The minimum absolute atomic E-state index is 0.124. The monoisotopic (exact) mass is 156 g/mol. The van der Waals surface area contributed by atoms with Gasteiger partial charge in [0, 0.05) is 6.08 Å². The molecule has 0 N–H and O–H groups in total. The van der Waals surface area contributed by atoms with Crippen molar-refractivity contribution in [3.05, 3.63) is 12.2 Å². The van der Waals surface area contributed by atoms with E-state index in [-0.39, 0.29) is 18.2 Å². The molecule has 0 aromatic rings. The second-order valence-electron chi connectivity index (χ2n) is 2.42. The van der Waals surface area contributed by atoms with Gasteiger partial charge in [-0.25, -0.2) is 4.79 Å². The summed E-state index contributed by atoms with van der Waals surface area (Å²) in [6.07, 6.45) is 3.53. The van der Waals surface area contributed by atoms with Crippen LogP contribution in [-0.2, 0) is 14.3 Å². The third-order valence-corrected chi connectivity index (χ3v) is 1.47. The van der Waals surface area contributed by atoms with E-state index in [0.717, 1.165) is 0 Å². The smallest absolute Gasteiger partial charge is 0.330 e. The average molecular weight is 156 g/mol. The van der Waals surface area contributed by atoms with E-state index in [9.17, 15) is 4.79 Å². The van der Waals surface area contributed by atoms with Gasteiger partial charge in [-0.2, -0.15) is 0 Å². The van der Waals surface area contributed by atoms with Gasteiger partial charge in [0.2, 0.25) is 0 Å². The van der Waals surface area contributed by atoms with Crippen molar-refractivity contribution in [2.75, 3.05) is 6.61 Å². The van der Waals surface area contributed by atoms with Gasteiger partial charge in [0.25, 0.3) is 0 Å². The first-order chi connectivity index (χ1) is 5.24. The van der Waals surface area contributed by atoms with Gasteiger partial charge >= 0.3 is 5.97 Å². The number of ether oxygens (including phenoxy) is 2. The molecule has 0 unspecified atom stereocenters. The van der Waals surface area contributed by atoms with Gasteiger partial charge in [0.1, 0.15) is 6.10 Å². The molecular weight excluding hydrogens is 144 g/mol. The quantitative estimate of drug-likeness (QED) is 0.346. The molecule has 0 aromatic heterocycles. The Bertz CT molecular complexity index is 174. The maximum absolute atomic E-state index is 10.7. The summed E-state index contributed by atoms with van der Waals surface area (Å²) in [4.78, 5) is 10.7. The predicted octanol–water partition coefficient (Wildman–Crippen LogP) is 0.893. The molecule has 0 bridgehead atoms. The van der Waals surface area contributed by atoms with Crippen LogP contribution in [0.15, 0.2) is 12.2 Å². The Kier molecular flexibility index (Phi) is 2.65. The lowest BCUT2D eigenvalue weighted by molar-refractivity contribution is -0.137. The molecule has 62 valence electrons. The Hall–Kier alpha value is -0.830. The first kappa shape index (κ1) is 8.27. The lowest BCUT2D eigenvalue weighted by Gasteiger charge is -1.92. The first-order valence-corrected chi connectivity index (χ1v) is 3.74. The number of carbonyl (C=O) groups is 1. The van der Waals surface area contributed by atoms with E-state index in [2.05, 4.69) is 4.74 Å². The minimum Gasteiger partial charge on any atom is -0.463 e. The van der Waals surface area contributed by atoms with Crippen molar-refractivity contribution in [3.8, 4) is 0 Å². The molecule has 0 radical (unpaired) electrons. The SMILES string of the molecule is CCOC(=O)/C=C/[C@H]1O[C@@H]1C. The van der Waals surface area contributed by atoms with Crippen molar-refractivity contribution < 1.29 is 14.3 Å². The van der Waals surface area contributed by atoms with Crippen LogP contribution >= 0.6 is 0 Å². The summed E-state index contributed by atoms with van der Waals surface area (Å²) in [6, 6.07) is 0. The molecule has 1 saturated heterocycles. The van der Waals surface area contributed by atoms with Gasteiger partial charge in [0.05, 0.1) is 12.7 Å². The zero-order valence-electron chi connectivity index (χ0n) is 6.74. The van der Waals surface area contributed by atoms with Gasteiger partial charge in [-0.3, -0.25) is 0 Å². The molecule has 11 heavy (non-hydrogen) atoms. The normalized spacial score (nSPS) is 28.9. The topological polar surface area (TPSA) is 38.8 Å². The van der Waals surface area contributed by atoms with Crippen molar-refractivity contribution in [3.63, 3.8) is 0 Å². The fourth-order valence-electron chi connectivity index (χ4n) is 0.768. The van der Waals surface area contributed by atoms with E-state index < -0.39 is 0 Å². The van der Waals surface area contributed by atoms with Gasteiger partial charge in [-0.05, 0) is 19.9 Å². The molecule has 1 fully saturated rings. The van der Waals surface area contributed by atoms with Crippen molar-refractivity contribution in [2.24, 2.45) is 0 Å². The second-order valence-corrected chi connectivity index (χ2v) is 2.42. The number of esters is 1. The maximum atomic E-state index is 10.7. The standard InChI is InChI=1S/C8H12O3/c1-3-10-8(9)5-4-7-6(2)11-7/h4-7H,3H2,1-2H3/b5-4+/t6-,7-/m1/s1. The van der Waals surface area contributed by atoms with Gasteiger partial charge in [0.15, 0.2) is 0 Å². The molecule has 1 aliphatic rings. The molecule has 3 heteroatoms. The molecule has 0 amide bonds. The van der Waals surface area contributed by atoms with Crippen LogP contribution in [0.2, 0.25) is 0 Å². The summed E-state index contributed by atoms with van der Waals surface area (Å²) >= 11 is 0. The van der Waals surface area contributed by atoms with Crippen molar-refractivity contribution in [1.29, 1.82) is 0 Å². The molecule has 0 spiro atoms. The number of hydrogen-bond donors (Lipinski definition) is 0. The summed E-state index contributed by atoms with van der Waals surface area (Å²) in [5.74, 6) is -0.296. The highest BCUT2D eigenvalue weighted by Gasteiger charge is 2.31. The lowest BCUT2D eigenvalue weighted by Crippen LogP contribution is -1.99. The van der Waals surface area contributed by atoms with Crippen LogP contribution in [0.5, 0.6) is 0 Å². The van der Waals surface area contributed by atoms with E-state index in [1.165, 1.54) is 6.08 Å². The average Bonchev–Trinajstić information content (AvgIpc) is 2.63. The van der Waals surface area contributed by atoms with E-state index in [0.29, 0.717) is 6.61 Å². The third kappa shape index (κ3) is 2.72. The molecule has 1 rings (SSSR count). The summed E-state index contributed by atoms with van der Waals surface area (Å²) in [7, 11) is 0. The van der Waals surface area contributed by atoms with Crippen LogP contribution in [0.1, 0.15) is 13.8 Å². The summed E-state index contributed by atoms with van der Waals surface area (Å²) in [5.41, 5.74) is 0. The van der Waals surface area contributed by atoms with Gasteiger partial charge in [-0.15, -0.1) is 0 Å². The molecule has 3 nitrogen and oxygen atoms in total. The number of rotatable bonds is 3. The Morgan fingerprint density at radius 3 is 2.82 bits per heavy atom. The zero-order valence-corrected chi connectivity index (χ0v) is 6.74. The number of epoxide rings is 1. The second kappa shape index (κ2) is 3.53. The van der Waals surface area contributed by atoms with Gasteiger partial charge < -0.3 is 9.47 Å². The van der Waals surface area contributed by atoms with Crippen molar-refractivity contribution in [2.45, 2.75) is 26.1 Å². The Balaban J connectivity index is 2.18. The number of carbonyl (C=O) groups excluding carboxylic acids is 1. The molecule has 0 aromatic carbocycles. The predicted molar refractivity (Wildman–Crippen MR) is 40.1 cm³/mol. The molecular formula is C8H12O3. The molecule has 2 atom stereocenters. The summed E-state index contributed by atoms with van der Waals surface area (Å²) in [5, 5.41) is 0. The van der Waals surface area contributed by atoms with E-state index >= 15 is 0 Å². The molecule has 1 aliphatic heterocycles. The highest BCUT2D eigenvalue weighted by Crippen LogP contribution is 2.21. The van der Waals surface area contributed by atoms with Crippen molar-refractivity contribution >= 4 is 5.97 Å². The van der Waals surface area contributed by atoms with Crippen LogP contribution in [-0.4, -0.2) is 24.8 Å². The van der Waals surface area contributed by atoms with Crippen molar-refractivity contribution in [1.82, 2.24) is 0 Å². The minimum atomic E-state index is -0.296. The van der Waals surface area contributed by atoms with Crippen LogP contribution in [0.25, 0.3) is 0 Å². The lowest BCUT2D eigenvalue weighted by atomic mass is 10.3. The van der Waals surface area contributed by atoms with Crippen LogP contribution in [0.3, 0.4) is 0 Å². The van der Waals surface area contributed by atoms with Gasteiger partial charge in [-0.1, -0.05) is 0 Å². The molecule has 0 saturated carbocycles. The zero-order chi connectivity index (χ0) is 8.27. The fourth-order valence-corrected chi connectivity index (χ4v) is 0.768. The highest BCUT2D eigenvalue weighted by atomic mass is 16.6. The Morgan fingerprint density at radius 2 is 2.36 bits per heavy atom. The summed E-state index contributed by atoms with van der Waals surface area (Å²) < 4.78 is 9.72. The Morgan fingerprint density at radius 1 is 1.73 bits per heavy atom. The summed E-state index contributed by atoms with van der Waals surface area (Å²) in [6.45, 7) is 4.16. The molecule has 1 heterocycles. The van der Waals surface area contributed by atoms with Crippen LogP contribution in [0, 0.1) is 0 Å².